The van der Waals surface area contributed by atoms with E-state index < -0.39 is 0 Å². The van der Waals surface area contributed by atoms with Crippen LogP contribution >= 0.6 is 11.6 Å². The first-order valence-electron chi connectivity index (χ1n) is 7.50. The Morgan fingerprint density at radius 2 is 1.83 bits per heavy atom. The van der Waals surface area contributed by atoms with Crippen LogP contribution in [0.1, 0.15) is 25.5 Å². The van der Waals surface area contributed by atoms with Gasteiger partial charge in [-0.15, -0.1) is 0 Å². The summed E-state index contributed by atoms with van der Waals surface area (Å²) in [4.78, 5) is 14.5. The van der Waals surface area contributed by atoms with Crippen molar-refractivity contribution < 1.29 is 9.18 Å². The normalized spacial score (nSPS) is 21.3. The molecule has 118 valence electrons. The molecule has 0 amide bonds. The number of carbonyl (C=O) groups excluding carboxylic acids is 1. The molecule has 0 aliphatic carbocycles. The average molecular weight is 330 g/mol. The molecule has 1 aliphatic rings. The zero-order chi connectivity index (χ0) is 16.6. The SMILES string of the molecule is CC1=CN(c2ccccc2)C(c2ccc(F)cc2Cl)C(C)C1=O. The van der Waals surface area contributed by atoms with Gasteiger partial charge in [-0.2, -0.15) is 0 Å². The molecule has 2 aromatic rings. The van der Waals surface area contributed by atoms with Gasteiger partial charge in [0.25, 0.3) is 0 Å². The Labute approximate surface area is 140 Å². The molecule has 0 saturated heterocycles. The monoisotopic (exact) mass is 329 g/mol. The lowest BCUT2D eigenvalue weighted by molar-refractivity contribution is -0.119. The second kappa shape index (κ2) is 6.17. The standard InChI is InChI=1S/C19H17ClFNO/c1-12-11-22(15-6-4-3-5-7-15)18(13(2)19(12)23)16-9-8-14(21)10-17(16)20/h3-11,13,18H,1-2H3. The van der Waals surface area contributed by atoms with E-state index in [0.29, 0.717) is 10.6 Å². The maximum absolute atomic E-state index is 13.4. The van der Waals surface area contributed by atoms with Gasteiger partial charge in [0.15, 0.2) is 5.78 Å². The van der Waals surface area contributed by atoms with Gasteiger partial charge in [0.2, 0.25) is 0 Å². The number of para-hydroxylation sites is 1. The third kappa shape index (κ3) is 2.89. The van der Waals surface area contributed by atoms with E-state index in [9.17, 15) is 9.18 Å². The Balaban J connectivity index is 2.15. The number of hydrogen-bond donors (Lipinski definition) is 0. The number of halogens is 2. The molecule has 2 aromatic carbocycles. The van der Waals surface area contributed by atoms with Crippen molar-refractivity contribution in [2.24, 2.45) is 5.92 Å². The summed E-state index contributed by atoms with van der Waals surface area (Å²) in [5.74, 6) is -0.572. The predicted octanol–water partition coefficient (Wildman–Crippen LogP) is 5.15. The minimum atomic E-state index is -0.383. The van der Waals surface area contributed by atoms with Crippen LogP contribution in [0.25, 0.3) is 0 Å². The number of carbonyl (C=O) groups is 1. The minimum Gasteiger partial charge on any atom is -0.339 e. The Hall–Kier alpha value is -2.13. The van der Waals surface area contributed by atoms with Crippen molar-refractivity contribution in [3.8, 4) is 0 Å². The highest BCUT2D eigenvalue weighted by Gasteiger charge is 2.36. The van der Waals surface area contributed by atoms with Crippen molar-refractivity contribution in [2.75, 3.05) is 4.90 Å². The average Bonchev–Trinajstić information content (AvgIpc) is 2.54. The third-order valence-electron chi connectivity index (χ3n) is 4.24. The highest BCUT2D eigenvalue weighted by Crippen LogP contribution is 2.41. The molecule has 0 N–H and O–H groups in total. The summed E-state index contributed by atoms with van der Waals surface area (Å²) in [5, 5.41) is 0.337. The number of allylic oxidation sites excluding steroid dienone is 1. The van der Waals surface area contributed by atoms with E-state index >= 15 is 0 Å². The molecular formula is C19H17ClFNO. The van der Waals surface area contributed by atoms with Gasteiger partial charge in [-0.05, 0) is 36.8 Å². The van der Waals surface area contributed by atoms with E-state index in [0.717, 1.165) is 11.3 Å². The molecule has 0 radical (unpaired) electrons. The molecule has 0 saturated carbocycles. The van der Waals surface area contributed by atoms with Crippen LogP contribution in [0.3, 0.4) is 0 Å². The van der Waals surface area contributed by atoms with Gasteiger partial charge < -0.3 is 4.90 Å². The topological polar surface area (TPSA) is 20.3 Å². The van der Waals surface area contributed by atoms with Crippen molar-refractivity contribution in [3.63, 3.8) is 0 Å². The first kappa shape index (κ1) is 15.8. The van der Waals surface area contributed by atoms with Gasteiger partial charge in [0, 0.05) is 28.4 Å². The van der Waals surface area contributed by atoms with Crippen LogP contribution < -0.4 is 4.90 Å². The highest BCUT2D eigenvalue weighted by atomic mass is 35.5. The van der Waals surface area contributed by atoms with Crippen molar-refractivity contribution >= 4 is 23.1 Å². The fraction of sp³-hybridized carbons (Fsp3) is 0.211. The Morgan fingerprint density at radius 3 is 2.48 bits per heavy atom. The molecule has 0 aromatic heterocycles. The lowest BCUT2D eigenvalue weighted by Gasteiger charge is -2.39. The molecule has 2 unspecified atom stereocenters. The van der Waals surface area contributed by atoms with Gasteiger partial charge in [-0.25, -0.2) is 4.39 Å². The zero-order valence-electron chi connectivity index (χ0n) is 13.0. The summed E-state index contributed by atoms with van der Waals surface area (Å²) in [6.45, 7) is 3.70. The van der Waals surface area contributed by atoms with Gasteiger partial charge in [-0.3, -0.25) is 4.79 Å². The first-order chi connectivity index (χ1) is 11.0. The second-order valence-corrected chi connectivity index (χ2v) is 6.23. The quantitative estimate of drug-likeness (QED) is 0.759. The Bertz CT molecular complexity index is 772. The van der Waals surface area contributed by atoms with Gasteiger partial charge in [-0.1, -0.05) is 42.8 Å². The van der Waals surface area contributed by atoms with E-state index in [2.05, 4.69) is 0 Å². The fourth-order valence-electron chi connectivity index (χ4n) is 3.09. The van der Waals surface area contributed by atoms with Crippen LogP contribution in [0.2, 0.25) is 5.02 Å². The van der Waals surface area contributed by atoms with Crippen LogP contribution in [-0.2, 0) is 4.79 Å². The molecule has 2 atom stereocenters. The molecule has 0 fully saturated rings. The molecule has 4 heteroatoms. The molecule has 3 rings (SSSR count). The maximum atomic E-state index is 13.4. The van der Waals surface area contributed by atoms with E-state index in [1.807, 2.05) is 55.3 Å². The summed E-state index contributed by atoms with van der Waals surface area (Å²) in [6, 6.07) is 13.9. The Morgan fingerprint density at radius 1 is 1.13 bits per heavy atom. The summed E-state index contributed by atoms with van der Waals surface area (Å²) in [6.07, 6.45) is 1.85. The number of benzene rings is 2. The van der Waals surface area contributed by atoms with E-state index in [4.69, 9.17) is 11.6 Å². The smallest absolute Gasteiger partial charge is 0.165 e. The lowest BCUT2D eigenvalue weighted by Crippen LogP contribution is -2.37. The summed E-state index contributed by atoms with van der Waals surface area (Å²) in [7, 11) is 0. The predicted molar refractivity (Wildman–Crippen MR) is 91.0 cm³/mol. The van der Waals surface area contributed by atoms with Gasteiger partial charge in [0.1, 0.15) is 5.82 Å². The van der Waals surface area contributed by atoms with Crippen LogP contribution in [0, 0.1) is 11.7 Å². The number of rotatable bonds is 2. The molecule has 1 heterocycles. The van der Waals surface area contributed by atoms with Crippen molar-refractivity contribution in [2.45, 2.75) is 19.9 Å². The van der Waals surface area contributed by atoms with E-state index in [1.54, 1.807) is 6.07 Å². The Kier molecular flexibility index (Phi) is 4.22. The zero-order valence-corrected chi connectivity index (χ0v) is 13.7. The largest absolute Gasteiger partial charge is 0.339 e. The lowest BCUT2D eigenvalue weighted by atomic mass is 9.84. The number of hydrogen-bond acceptors (Lipinski definition) is 2. The van der Waals surface area contributed by atoms with Crippen LogP contribution in [-0.4, -0.2) is 5.78 Å². The van der Waals surface area contributed by atoms with Crippen LogP contribution in [0.15, 0.2) is 60.3 Å². The maximum Gasteiger partial charge on any atom is 0.165 e. The summed E-state index contributed by atoms with van der Waals surface area (Å²) < 4.78 is 13.4. The molecule has 0 bridgehead atoms. The minimum absolute atomic E-state index is 0.0857. The number of anilines is 1. The highest BCUT2D eigenvalue weighted by molar-refractivity contribution is 6.31. The number of nitrogens with zero attached hydrogens (tertiary/aromatic N) is 1. The number of ketones is 1. The molecule has 0 spiro atoms. The van der Waals surface area contributed by atoms with Crippen molar-refractivity contribution in [3.05, 3.63) is 76.7 Å². The molecule has 1 aliphatic heterocycles. The van der Waals surface area contributed by atoms with E-state index in [-0.39, 0.29) is 23.6 Å². The van der Waals surface area contributed by atoms with E-state index in [1.165, 1.54) is 12.1 Å². The molecular weight excluding hydrogens is 313 g/mol. The summed E-state index contributed by atoms with van der Waals surface area (Å²) >= 11 is 6.27. The number of Topliss-reactive ketones (excluding diaryl/α,β-unsaturated/α-hetero) is 1. The van der Waals surface area contributed by atoms with Gasteiger partial charge >= 0.3 is 0 Å². The van der Waals surface area contributed by atoms with Crippen molar-refractivity contribution in [1.29, 1.82) is 0 Å². The molecule has 2 nitrogen and oxygen atoms in total. The second-order valence-electron chi connectivity index (χ2n) is 5.82. The summed E-state index contributed by atoms with van der Waals surface area (Å²) in [5.41, 5.74) is 2.42. The first-order valence-corrected chi connectivity index (χ1v) is 7.88. The fourth-order valence-corrected chi connectivity index (χ4v) is 3.37. The van der Waals surface area contributed by atoms with Crippen LogP contribution in [0.4, 0.5) is 10.1 Å². The van der Waals surface area contributed by atoms with Crippen LogP contribution in [0.5, 0.6) is 0 Å². The van der Waals surface area contributed by atoms with Gasteiger partial charge in [0.05, 0.1) is 6.04 Å². The van der Waals surface area contributed by atoms with Crippen molar-refractivity contribution in [1.82, 2.24) is 0 Å². The third-order valence-corrected chi connectivity index (χ3v) is 4.57. The molecule has 23 heavy (non-hydrogen) atoms.